The van der Waals surface area contributed by atoms with Crippen molar-refractivity contribution in [2.45, 2.75) is 19.4 Å². The second-order valence-electron chi connectivity index (χ2n) is 3.95. The van der Waals surface area contributed by atoms with Crippen LogP contribution in [-0.4, -0.2) is 0 Å². The Hall–Kier alpha value is -1.25. The summed E-state index contributed by atoms with van der Waals surface area (Å²) < 4.78 is 5.03. The smallest absolute Gasteiger partial charge is 0.197 e. The highest BCUT2D eigenvalue weighted by Gasteiger charge is 2.13. The molecule has 3 heteroatoms. The van der Waals surface area contributed by atoms with Gasteiger partial charge in [0.1, 0.15) is 0 Å². The van der Waals surface area contributed by atoms with Gasteiger partial charge in [-0.05, 0) is 36.6 Å². The summed E-state index contributed by atoms with van der Waals surface area (Å²) in [4.78, 5) is 0. The summed E-state index contributed by atoms with van der Waals surface area (Å²) in [5.74, 6) is 0. The Morgan fingerprint density at radius 1 is 1.38 bits per heavy atom. The molecule has 16 heavy (non-hydrogen) atoms. The normalized spacial score (nSPS) is 12.7. The maximum Gasteiger partial charge on any atom is 0.197 e. The number of hydrogen-bond acceptors (Lipinski definition) is 2. The molecule has 1 aromatic heterocycles. The molecule has 2 rings (SSSR count). The van der Waals surface area contributed by atoms with Crippen LogP contribution in [-0.2, 0) is 6.42 Å². The third-order valence-electron chi connectivity index (χ3n) is 2.58. The second-order valence-corrected chi connectivity index (χ2v) is 4.29. The first kappa shape index (κ1) is 11.2. The van der Waals surface area contributed by atoms with Gasteiger partial charge in [-0.1, -0.05) is 29.8 Å². The van der Waals surface area contributed by atoms with Gasteiger partial charge in [0.15, 0.2) is 5.22 Å². The largest absolute Gasteiger partial charge is 0.453 e. The van der Waals surface area contributed by atoms with Crippen molar-refractivity contribution in [1.82, 2.24) is 0 Å². The highest BCUT2D eigenvalue weighted by molar-refractivity contribution is 6.29. The average Bonchev–Trinajstić information content (AvgIpc) is 2.64. The van der Waals surface area contributed by atoms with Crippen molar-refractivity contribution in [1.29, 1.82) is 0 Å². The fourth-order valence-electron chi connectivity index (χ4n) is 1.77. The van der Waals surface area contributed by atoms with Crippen molar-refractivity contribution < 1.29 is 4.42 Å². The first-order chi connectivity index (χ1) is 7.66. The highest BCUT2D eigenvalue weighted by Crippen LogP contribution is 2.25. The van der Waals surface area contributed by atoms with Gasteiger partial charge in [-0.15, -0.1) is 0 Å². The lowest BCUT2D eigenvalue weighted by Crippen LogP contribution is -2.12. The van der Waals surface area contributed by atoms with Crippen LogP contribution in [0.3, 0.4) is 0 Å². The molecule has 1 unspecified atom stereocenters. The Morgan fingerprint density at radius 3 is 2.81 bits per heavy atom. The standard InChI is InChI=1S/C13H14ClNO/c1-9-3-2-4-10(7-9)8-12(15)11-5-6-16-13(11)14/h2-7,12H,8,15H2,1H3. The highest BCUT2D eigenvalue weighted by atomic mass is 35.5. The van der Waals surface area contributed by atoms with Crippen LogP contribution in [0, 0.1) is 6.92 Å². The lowest BCUT2D eigenvalue weighted by molar-refractivity contribution is 0.560. The zero-order chi connectivity index (χ0) is 11.5. The van der Waals surface area contributed by atoms with Crippen LogP contribution in [0.5, 0.6) is 0 Å². The molecule has 2 N–H and O–H groups in total. The van der Waals surface area contributed by atoms with E-state index < -0.39 is 0 Å². The average molecular weight is 236 g/mol. The van der Waals surface area contributed by atoms with Gasteiger partial charge in [0.2, 0.25) is 0 Å². The molecule has 1 aromatic carbocycles. The maximum absolute atomic E-state index is 6.08. The van der Waals surface area contributed by atoms with Gasteiger partial charge in [0.05, 0.1) is 6.26 Å². The summed E-state index contributed by atoms with van der Waals surface area (Å²) in [6.45, 7) is 2.07. The van der Waals surface area contributed by atoms with Gasteiger partial charge in [-0.2, -0.15) is 0 Å². The topological polar surface area (TPSA) is 39.2 Å². The fourth-order valence-corrected chi connectivity index (χ4v) is 2.03. The maximum atomic E-state index is 6.08. The Labute approximate surface area is 100 Å². The fraction of sp³-hybridized carbons (Fsp3) is 0.231. The van der Waals surface area contributed by atoms with Crippen LogP contribution >= 0.6 is 11.6 Å². The molecule has 0 spiro atoms. The number of hydrogen-bond donors (Lipinski definition) is 1. The van der Waals surface area contributed by atoms with E-state index in [1.54, 1.807) is 6.26 Å². The molecule has 0 radical (unpaired) electrons. The van der Waals surface area contributed by atoms with Gasteiger partial charge >= 0.3 is 0 Å². The number of rotatable bonds is 3. The Bertz CT molecular complexity index is 478. The SMILES string of the molecule is Cc1cccc(CC(N)c2ccoc2Cl)c1. The van der Waals surface area contributed by atoms with Gasteiger partial charge < -0.3 is 10.2 Å². The molecule has 0 saturated heterocycles. The van der Waals surface area contributed by atoms with Crippen LogP contribution in [0.2, 0.25) is 5.22 Å². The molecule has 2 aromatic rings. The quantitative estimate of drug-likeness (QED) is 0.885. The molecule has 1 heterocycles. The molecule has 0 saturated carbocycles. The summed E-state index contributed by atoms with van der Waals surface area (Å²) >= 11 is 5.89. The van der Waals surface area contributed by atoms with E-state index in [0.717, 1.165) is 12.0 Å². The van der Waals surface area contributed by atoms with Gasteiger partial charge in [0, 0.05) is 11.6 Å². The Kier molecular flexibility index (Phi) is 3.32. The zero-order valence-corrected chi connectivity index (χ0v) is 9.87. The predicted octanol–water partition coefficient (Wildman–Crippen LogP) is 3.48. The number of aryl methyl sites for hydroxylation is 1. The molecule has 0 fully saturated rings. The Balaban J connectivity index is 2.14. The summed E-state index contributed by atoms with van der Waals surface area (Å²) in [6.07, 6.45) is 2.33. The van der Waals surface area contributed by atoms with Crippen LogP contribution < -0.4 is 5.73 Å². The van der Waals surface area contributed by atoms with E-state index in [4.69, 9.17) is 21.8 Å². The van der Waals surface area contributed by atoms with Crippen molar-refractivity contribution in [3.05, 3.63) is 58.5 Å². The van der Waals surface area contributed by atoms with Crippen LogP contribution in [0.4, 0.5) is 0 Å². The van der Waals surface area contributed by atoms with Crippen LogP contribution in [0.25, 0.3) is 0 Å². The van der Waals surface area contributed by atoms with Gasteiger partial charge in [0.25, 0.3) is 0 Å². The lowest BCUT2D eigenvalue weighted by Gasteiger charge is -2.10. The minimum Gasteiger partial charge on any atom is -0.453 e. The summed E-state index contributed by atoms with van der Waals surface area (Å²) in [5, 5.41) is 0.389. The van der Waals surface area contributed by atoms with Gasteiger partial charge in [-0.3, -0.25) is 0 Å². The second kappa shape index (κ2) is 4.73. The summed E-state index contributed by atoms with van der Waals surface area (Å²) in [6, 6.07) is 10.0. The van der Waals surface area contributed by atoms with E-state index in [9.17, 15) is 0 Å². The van der Waals surface area contributed by atoms with Crippen LogP contribution in [0.15, 0.2) is 41.0 Å². The van der Waals surface area contributed by atoms with Crippen molar-refractivity contribution in [2.75, 3.05) is 0 Å². The van der Waals surface area contributed by atoms with E-state index in [-0.39, 0.29) is 6.04 Å². The van der Waals surface area contributed by atoms with E-state index >= 15 is 0 Å². The molecular weight excluding hydrogens is 222 g/mol. The minimum absolute atomic E-state index is 0.118. The number of furan rings is 1. The molecule has 0 aliphatic rings. The molecule has 84 valence electrons. The summed E-state index contributed by atoms with van der Waals surface area (Å²) in [7, 11) is 0. The van der Waals surface area contributed by atoms with Crippen molar-refractivity contribution in [3.8, 4) is 0 Å². The van der Waals surface area contributed by atoms with Crippen molar-refractivity contribution in [2.24, 2.45) is 5.73 Å². The molecule has 0 aliphatic heterocycles. The van der Waals surface area contributed by atoms with E-state index in [0.29, 0.717) is 5.22 Å². The number of nitrogens with two attached hydrogens (primary N) is 1. The lowest BCUT2D eigenvalue weighted by atomic mass is 10.0. The number of halogens is 1. The third kappa shape index (κ3) is 2.46. The first-order valence-corrected chi connectivity index (χ1v) is 5.58. The van der Waals surface area contributed by atoms with E-state index in [2.05, 4.69) is 25.1 Å². The van der Waals surface area contributed by atoms with Crippen molar-refractivity contribution in [3.63, 3.8) is 0 Å². The summed E-state index contributed by atoms with van der Waals surface area (Å²) in [5.41, 5.74) is 9.39. The molecular formula is C13H14ClNO. The molecule has 0 aliphatic carbocycles. The van der Waals surface area contributed by atoms with Gasteiger partial charge in [-0.25, -0.2) is 0 Å². The molecule has 0 amide bonds. The zero-order valence-electron chi connectivity index (χ0n) is 9.11. The minimum atomic E-state index is -0.118. The monoisotopic (exact) mass is 235 g/mol. The number of benzene rings is 1. The molecule has 0 bridgehead atoms. The molecule has 2 nitrogen and oxygen atoms in total. The van der Waals surface area contributed by atoms with Crippen LogP contribution in [0.1, 0.15) is 22.7 Å². The van der Waals surface area contributed by atoms with Crippen molar-refractivity contribution >= 4 is 11.6 Å². The molecule has 1 atom stereocenters. The van der Waals surface area contributed by atoms with E-state index in [1.807, 2.05) is 12.1 Å². The van der Waals surface area contributed by atoms with E-state index in [1.165, 1.54) is 11.1 Å². The Morgan fingerprint density at radius 2 is 2.19 bits per heavy atom. The first-order valence-electron chi connectivity index (χ1n) is 5.21. The predicted molar refractivity (Wildman–Crippen MR) is 65.5 cm³/mol. The third-order valence-corrected chi connectivity index (χ3v) is 2.89.